The first-order valence-electron chi connectivity index (χ1n) is 6.99. The van der Waals surface area contributed by atoms with Gasteiger partial charge < -0.3 is 15.0 Å². The minimum Gasteiger partial charge on any atom is -0.479 e. The SMILES string of the molecule is C=CCN1C(=O)C(C)Oc2ccc(C(=O)CCNC)cc21. The number of benzene rings is 1. The molecule has 5 nitrogen and oxygen atoms in total. The van der Waals surface area contributed by atoms with Crippen molar-refractivity contribution in [1.82, 2.24) is 5.32 Å². The van der Waals surface area contributed by atoms with Crippen LogP contribution in [-0.2, 0) is 4.79 Å². The Bertz CT molecular complexity index is 569. The zero-order valence-electron chi connectivity index (χ0n) is 12.4. The van der Waals surface area contributed by atoms with Crippen molar-refractivity contribution >= 4 is 17.4 Å². The van der Waals surface area contributed by atoms with Crippen molar-refractivity contribution in [2.75, 3.05) is 25.0 Å². The fraction of sp³-hybridized carbons (Fsp3) is 0.375. The van der Waals surface area contributed by atoms with Gasteiger partial charge in [-0.2, -0.15) is 0 Å². The zero-order valence-corrected chi connectivity index (χ0v) is 12.4. The number of ketones is 1. The second kappa shape index (κ2) is 6.54. The van der Waals surface area contributed by atoms with Crippen LogP contribution in [0.3, 0.4) is 0 Å². The monoisotopic (exact) mass is 288 g/mol. The van der Waals surface area contributed by atoms with Crippen molar-refractivity contribution < 1.29 is 14.3 Å². The highest BCUT2D eigenvalue weighted by Crippen LogP contribution is 2.35. The Morgan fingerprint density at radius 3 is 2.95 bits per heavy atom. The average Bonchev–Trinajstić information content (AvgIpc) is 2.49. The Morgan fingerprint density at radius 1 is 1.52 bits per heavy atom. The summed E-state index contributed by atoms with van der Waals surface area (Å²) in [6, 6.07) is 5.22. The van der Waals surface area contributed by atoms with E-state index in [1.54, 1.807) is 43.1 Å². The predicted molar refractivity (Wildman–Crippen MR) is 82.0 cm³/mol. The first-order chi connectivity index (χ1) is 10.1. The minimum absolute atomic E-state index is 0.0387. The largest absolute Gasteiger partial charge is 0.479 e. The van der Waals surface area contributed by atoms with Crippen LogP contribution in [0.4, 0.5) is 5.69 Å². The normalized spacial score (nSPS) is 17.1. The van der Waals surface area contributed by atoms with E-state index >= 15 is 0 Å². The number of rotatable bonds is 6. The molecule has 1 aliphatic heterocycles. The summed E-state index contributed by atoms with van der Waals surface area (Å²) in [6.07, 6.45) is 1.56. The van der Waals surface area contributed by atoms with Gasteiger partial charge in [-0.3, -0.25) is 9.59 Å². The number of fused-ring (bicyclic) bond motifs is 1. The second-order valence-corrected chi connectivity index (χ2v) is 4.96. The lowest BCUT2D eigenvalue weighted by Crippen LogP contribution is -2.44. The van der Waals surface area contributed by atoms with E-state index in [1.807, 2.05) is 0 Å². The molecular weight excluding hydrogens is 268 g/mol. The molecule has 2 rings (SSSR count). The van der Waals surface area contributed by atoms with E-state index in [1.165, 1.54) is 0 Å². The molecule has 1 heterocycles. The van der Waals surface area contributed by atoms with Crippen molar-refractivity contribution in [3.8, 4) is 5.75 Å². The lowest BCUT2D eigenvalue weighted by molar-refractivity contribution is -0.125. The summed E-state index contributed by atoms with van der Waals surface area (Å²) < 4.78 is 5.59. The van der Waals surface area contributed by atoms with Crippen molar-refractivity contribution in [3.05, 3.63) is 36.4 Å². The first kappa shape index (κ1) is 15.3. The number of nitrogens with zero attached hydrogens (tertiary/aromatic N) is 1. The highest BCUT2D eigenvalue weighted by molar-refractivity contribution is 6.03. The fourth-order valence-corrected chi connectivity index (χ4v) is 2.28. The molecule has 1 aromatic rings. The molecule has 1 unspecified atom stereocenters. The molecule has 0 spiro atoms. The molecule has 0 fully saturated rings. The molecule has 0 bridgehead atoms. The number of anilines is 1. The minimum atomic E-state index is -0.525. The van der Waals surface area contributed by atoms with Crippen LogP contribution < -0.4 is 15.0 Å². The summed E-state index contributed by atoms with van der Waals surface area (Å²) in [5.74, 6) is 0.535. The predicted octanol–water partition coefficient (Wildman–Crippen LogP) is 1.78. The average molecular weight is 288 g/mol. The Kier molecular flexibility index (Phi) is 4.75. The highest BCUT2D eigenvalue weighted by atomic mass is 16.5. The van der Waals surface area contributed by atoms with Gasteiger partial charge in [-0.25, -0.2) is 0 Å². The van der Waals surface area contributed by atoms with Crippen LogP contribution in [0.15, 0.2) is 30.9 Å². The van der Waals surface area contributed by atoms with Gasteiger partial charge in [0.1, 0.15) is 5.75 Å². The van der Waals surface area contributed by atoms with E-state index in [9.17, 15) is 9.59 Å². The van der Waals surface area contributed by atoms with Crippen LogP contribution in [0, 0.1) is 0 Å². The van der Waals surface area contributed by atoms with Gasteiger partial charge in [0, 0.05) is 25.1 Å². The number of carbonyl (C=O) groups excluding carboxylic acids is 2. The number of hydrogen-bond acceptors (Lipinski definition) is 4. The van der Waals surface area contributed by atoms with Crippen LogP contribution in [-0.4, -0.2) is 37.9 Å². The van der Waals surface area contributed by atoms with Crippen molar-refractivity contribution in [2.24, 2.45) is 0 Å². The summed E-state index contributed by atoms with van der Waals surface area (Å²) >= 11 is 0. The van der Waals surface area contributed by atoms with Gasteiger partial charge in [0.25, 0.3) is 5.91 Å². The summed E-state index contributed by atoms with van der Waals surface area (Å²) in [4.78, 5) is 25.9. The first-order valence-corrected chi connectivity index (χ1v) is 6.99. The number of ether oxygens (including phenoxy) is 1. The third-order valence-corrected chi connectivity index (χ3v) is 3.40. The molecule has 1 N–H and O–H groups in total. The number of amides is 1. The second-order valence-electron chi connectivity index (χ2n) is 4.96. The van der Waals surface area contributed by atoms with Gasteiger partial charge in [-0.1, -0.05) is 6.08 Å². The third-order valence-electron chi connectivity index (χ3n) is 3.40. The van der Waals surface area contributed by atoms with Crippen LogP contribution >= 0.6 is 0 Å². The summed E-state index contributed by atoms with van der Waals surface area (Å²) in [5, 5.41) is 2.95. The fourth-order valence-electron chi connectivity index (χ4n) is 2.28. The smallest absolute Gasteiger partial charge is 0.268 e. The summed E-state index contributed by atoms with van der Waals surface area (Å²) in [7, 11) is 1.81. The van der Waals surface area contributed by atoms with Crippen LogP contribution in [0.2, 0.25) is 0 Å². The van der Waals surface area contributed by atoms with E-state index < -0.39 is 6.10 Å². The van der Waals surface area contributed by atoms with E-state index in [0.29, 0.717) is 36.5 Å². The molecule has 112 valence electrons. The van der Waals surface area contributed by atoms with E-state index in [0.717, 1.165) is 0 Å². The maximum absolute atomic E-state index is 12.2. The maximum atomic E-state index is 12.2. The lowest BCUT2D eigenvalue weighted by atomic mass is 10.0. The molecule has 0 radical (unpaired) electrons. The third kappa shape index (κ3) is 3.13. The quantitative estimate of drug-likeness (QED) is 0.640. The molecule has 0 saturated heterocycles. The van der Waals surface area contributed by atoms with Crippen LogP contribution in [0.25, 0.3) is 0 Å². The molecule has 1 atom stereocenters. The van der Waals surface area contributed by atoms with Crippen molar-refractivity contribution in [3.63, 3.8) is 0 Å². The number of nitrogens with one attached hydrogen (secondary N) is 1. The maximum Gasteiger partial charge on any atom is 0.268 e. The van der Waals surface area contributed by atoms with Gasteiger partial charge in [-0.05, 0) is 32.2 Å². The number of carbonyl (C=O) groups is 2. The van der Waals surface area contributed by atoms with Crippen LogP contribution in [0.1, 0.15) is 23.7 Å². The molecule has 21 heavy (non-hydrogen) atoms. The molecule has 1 amide bonds. The topological polar surface area (TPSA) is 58.6 Å². The van der Waals surface area contributed by atoms with Gasteiger partial charge in [0.05, 0.1) is 5.69 Å². The van der Waals surface area contributed by atoms with Gasteiger partial charge in [-0.15, -0.1) is 6.58 Å². The molecular formula is C16H20N2O3. The summed E-state index contributed by atoms with van der Waals surface area (Å²) in [5.41, 5.74) is 1.22. The van der Waals surface area contributed by atoms with Gasteiger partial charge in [0.2, 0.25) is 0 Å². The highest BCUT2D eigenvalue weighted by Gasteiger charge is 2.31. The molecule has 5 heteroatoms. The van der Waals surface area contributed by atoms with Crippen LogP contribution in [0.5, 0.6) is 5.75 Å². The van der Waals surface area contributed by atoms with Crippen molar-refractivity contribution in [1.29, 1.82) is 0 Å². The zero-order chi connectivity index (χ0) is 15.4. The Hall–Kier alpha value is -2.14. The molecule has 1 aliphatic rings. The number of hydrogen-bond donors (Lipinski definition) is 1. The molecule has 0 aliphatic carbocycles. The lowest BCUT2D eigenvalue weighted by Gasteiger charge is -2.32. The summed E-state index contributed by atoms with van der Waals surface area (Å²) in [6.45, 7) is 6.41. The Balaban J connectivity index is 2.34. The molecule has 0 saturated carbocycles. The molecule has 1 aromatic carbocycles. The van der Waals surface area contributed by atoms with E-state index in [2.05, 4.69) is 11.9 Å². The van der Waals surface area contributed by atoms with Gasteiger partial charge in [0.15, 0.2) is 11.9 Å². The van der Waals surface area contributed by atoms with Crippen molar-refractivity contribution in [2.45, 2.75) is 19.4 Å². The molecule has 0 aromatic heterocycles. The standard InChI is InChI=1S/C16H20N2O3/c1-4-9-18-13-10-12(14(19)7-8-17-3)5-6-15(13)21-11(2)16(18)20/h4-6,10-11,17H,1,7-9H2,2-3H3. The van der Waals surface area contributed by atoms with E-state index in [4.69, 9.17) is 4.74 Å². The Morgan fingerprint density at radius 2 is 2.29 bits per heavy atom. The Labute approximate surface area is 124 Å². The van der Waals surface area contributed by atoms with Gasteiger partial charge >= 0.3 is 0 Å². The van der Waals surface area contributed by atoms with E-state index in [-0.39, 0.29) is 11.7 Å². The number of Topliss-reactive ketones (excluding diaryl/α,β-unsaturated/α-hetero) is 1.